The van der Waals surface area contributed by atoms with E-state index < -0.39 is 0 Å². The van der Waals surface area contributed by atoms with Gasteiger partial charge in [0, 0.05) is 11.6 Å². The van der Waals surface area contributed by atoms with Crippen molar-refractivity contribution < 1.29 is 4.79 Å². The van der Waals surface area contributed by atoms with Crippen LogP contribution in [-0.4, -0.2) is 16.1 Å². The van der Waals surface area contributed by atoms with Crippen molar-refractivity contribution in [3.63, 3.8) is 0 Å². The molecule has 0 atom stereocenters. The minimum absolute atomic E-state index is 0.175. The van der Waals surface area contributed by atoms with Gasteiger partial charge in [-0.05, 0) is 31.1 Å². The summed E-state index contributed by atoms with van der Waals surface area (Å²) in [6.45, 7) is 3.89. The molecule has 18 heavy (non-hydrogen) atoms. The Morgan fingerprint density at radius 1 is 1.28 bits per heavy atom. The fraction of sp³-hybridized carbons (Fsp3) is 0.143. The average molecular weight is 241 g/mol. The van der Waals surface area contributed by atoms with Crippen LogP contribution in [0.25, 0.3) is 6.08 Å². The Bertz CT molecular complexity index is 584. The molecule has 2 aromatic rings. The zero-order chi connectivity index (χ0) is 13.0. The zero-order valence-corrected chi connectivity index (χ0v) is 10.4. The van der Waals surface area contributed by atoms with Gasteiger partial charge in [0.05, 0.1) is 6.20 Å². The Kier molecular flexibility index (Phi) is 3.57. The van der Waals surface area contributed by atoms with E-state index in [4.69, 9.17) is 0 Å². The van der Waals surface area contributed by atoms with E-state index in [0.717, 1.165) is 16.7 Å². The monoisotopic (exact) mass is 241 g/mol. The molecule has 0 bridgehead atoms. The van der Waals surface area contributed by atoms with Gasteiger partial charge in [0.15, 0.2) is 0 Å². The van der Waals surface area contributed by atoms with Crippen LogP contribution < -0.4 is 5.32 Å². The third-order valence-corrected chi connectivity index (χ3v) is 2.68. The number of rotatable bonds is 3. The van der Waals surface area contributed by atoms with Crippen LogP contribution in [0.3, 0.4) is 0 Å². The molecule has 0 aliphatic rings. The molecule has 2 rings (SSSR count). The van der Waals surface area contributed by atoms with Gasteiger partial charge < -0.3 is 5.32 Å². The summed E-state index contributed by atoms with van der Waals surface area (Å²) in [7, 11) is 0. The van der Waals surface area contributed by atoms with Crippen LogP contribution in [-0.2, 0) is 4.79 Å². The molecule has 0 saturated carbocycles. The number of nitrogens with zero attached hydrogens (tertiary/aromatic N) is 1. The third kappa shape index (κ3) is 2.85. The normalized spacial score (nSPS) is 10.8. The van der Waals surface area contributed by atoms with Crippen molar-refractivity contribution in [2.45, 2.75) is 13.8 Å². The van der Waals surface area contributed by atoms with Crippen LogP contribution >= 0.6 is 0 Å². The second kappa shape index (κ2) is 5.31. The Hall–Kier alpha value is -2.36. The molecule has 0 radical (unpaired) electrons. The molecule has 0 fully saturated rings. The number of nitrogens with one attached hydrogen (secondary N) is 2. The summed E-state index contributed by atoms with van der Waals surface area (Å²) >= 11 is 0. The molecule has 0 aliphatic heterocycles. The molecular formula is C14H15N3O. The summed E-state index contributed by atoms with van der Waals surface area (Å²) in [6, 6.07) is 7.90. The predicted molar refractivity (Wildman–Crippen MR) is 72.2 cm³/mol. The quantitative estimate of drug-likeness (QED) is 0.812. The maximum Gasteiger partial charge on any atom is 0.249 e. The molecule has 1 aromatic heterocycles. The van der Waals surface area contributed by atoms with Crippen molar-refractivity contribution in [1.29, 1.82) is 0 Å². The van der Waals surface area contributed by atoms with Gasteiger partial charge in [0.1, 0.15) is 5.82 Å². The van der Waals surface area contributed by atoms with Crippen LogP contribution in [0.2, 0.25) is 0 Å². The maximum absolute atomic E-state index is 11.7. The van der Waals surface area contributed by atoms with Crippen LogP contribution in [0, 0.1) is 13.8 Å². The zero-order valence-electron chi connectivity index (χ0n) is 10.4. The number of aromatic amines is 1. The van der Waals surface area contributed by atoms with Gasteiger partial charge in [0.25, 0.3) is 0 Å². The van der Waals surface area contributed by atoms with Crippen molar-refractivity contribution in [3.8, 4) is 0 Å². The lowest BCUT2D eigenvalue weighted by Crippen LogP contribution is -2.09. The Morgan fingerprint density at radius 2 is 2.06 bits per heavy atom. The molecule has 0 spiro atoms. The lowest BCUT2D eigenvalue weighted by Gasteiger charge is -2.00. The van der Waals surface area contributed by atoms with E-state index in [0.29, 0.717) is 5.82 Å². The second-order valence-corrected chi connectivity index (χ2v) is 4.11. The number of anilines is 1. The van der Waals surface area contributed by atoms with Crippen molar-refractivity contribution in [1.82, 2.24) is 10.2 Å². The van der Waals surface area contributed by atoms with Crippen LogP contribution in [0.5, 0.6) is 0 Å². The van der Waals surface area contributed by atoms with Crippen LogP contribution in [0.1, 0.15) is 16.7 Å². The van der Waals surface area contributed by atoms with E-state index >= 15 is 0 Å². The van der Waals surface area contributed by atoms with Crippen molar-refractivity contribution in [2.75, 3.05) is 5.32 Å². The number of carbonyl (C=O) groups is 1. The summed E-state index contributed by atoms with van der Waals surface area (Å²) in [5.74, 6) is 0.458. The molecule has 4 heteroatoms. The molecule has 0 aliphatic carbocycles. The maximum atomic E-state index is 11.7. The number of hydrogen-bond donors (Lipinski definition) is 2. The number of aryl methyl sites for hydroxylation is 2. The van der Waals surface area contributed by atoms with Gasteiger partial charge in [-0.25, -0.2) is 0 Å². The number of benzene rings is 1. The Balaban J connectivity index is 2.04. The number of amides is 1. The van der Waals surface area contributed by atoms with Gasteiger partial charge in [-0.2, -0.15) is 5.10 Å². The van der Waals surface area contributed by atoms with Gasteiger partial charge >= 0.3 is 0 Å². The summed E-state index contributed by atoms with van der Waals surface area (Å²) in [5, 5.41) is 9.31. The van der Waals surface area contributed by atoms with Gasteiger partial charge in [0.2, 0.25) is 5.91 Å². The molecule has 0 unspecified atom stereocenters. The van der Waals surface area contributed by atoms with E-state index in [-0.39, 0.29) is 5.91 Å². The molecule has 4 nitrogen and oxygen atoms in total. The number of carbonyl (C=O) groups excluding carboxylic acids is 1. The third-order valence-electron chi connectivity index (χ3n) is 2.68. The standard InChI is InChI=1S/C14H15N3O/c1-10-5-3-4-6-12(10)7-8-13(18)16-14-11(2)9-15-17-14/h3-9H,1-2H3,(H2,15,16,17,18)/b8-7+. The van der Waals surface area contributed by atoms with Crippen molar-refractivity contribution >= 4 is 17.8 Å². The summed E-state index contributed by atoms with van der Waals surface area (Å²) in [4.78, 5) is 11.7. The topological polar surface area (TPSA) is 57.8 Å². The summed E-state index contributed by atoms with van der Waals surface area (Å²) < 4.78 is 0. The highest BCUT2D eigenvalue weighted by Gasteiger charge is 2.02. The van der Waals surface area contributed by atoms with E-state index in [1.165, 1.54) is 6.08 Å². The first-order chi connectivity index (χ1) is 8.66. The van der Waals surface area contributed by atoms with Gasteiger partial charge in [-0.3, -0.25) is 9.89 Å². The highest BCUT2D eigenvalue weighted by molar-refractivity contribution is 6.01. The number of hydrogen-bond acceptors (Lipinski definition) is 2. The van der Waals surface area contributed by atoms with Crippen LogP contribution in [0.15, 0.2) is 36.5 Å². The number of aromatic nitrogens is 2. The van der Waals surface area contributed by atoms with Crippen molar-refractivity contribution in [2.24, 2.45) is 0 Å². The number of H-pyrrole nitrogens is 1. The minimum atomic E-state index is -0.175. The lowest BCUT2D eigenvalue weighted by atomic mass is 10.1. The van der Waals surface area contributed by atoms with E-state index in [1.54, 1.807) is 12.3 Å². The summed E-state index contributed by atoms with van der Waals surface area (Å²) in [6.07, 6.45) is 4.99. The van der Waals surface area contributed by atoms with E-state index in [1.807, 2.05) is 38.1 Å². The SMILES string of the molecule is Cc1ccccc1/C=C/C(=O)Nc1[nH]ncc1C. The Morgan fingerprint density at radius 3 is 2.72 bits per heavy atom. The fourth-order valence-corrected chi connectivity index (χ4v) is 1.58. The first-order valence-electron chi connectivity index (χ1n) is 5.71. The lowest BCUT2D eigenvalue weighted by molar-refractivity contribution is -0.111. The average Bonchev–Trinajstić information content (AvgIpc) is 2.74. The predicted octanol–water partition coefficient (Wildman–Crippen LogP) is 2.68. The highest BCUT2D eigenvalue weighted by Crippen LogP contribution is 2.10. The molecule has 92 valence electrons. The molecule has 1 amide bonds. The molecule has 0 saturated heterocycles. The highest BCUT2D eigenvalue weighted by atomic mass is 16.1. The largest absolute Gasteiger partial charge is 0.307 e. The molecule has 1 heterocycles. The summed E-state index contributed by atoms with van der Waals surface area (Å²) in [5.41, 5.74) is 3.08. The smallest absolute Gasteiger partial charge is 0.249 e. The van der Waals surface area contributed by atoms with E-state index in [2.05, 4.69) is 15.5 Å². The first-order valence-corrected chi connectivity index (χ1v) is 5.71. The second-order valence-electron chi connectivity index (χ2n) is 4.11. The van der Waals surface area contributed by atoms with Crippen molar-refractivity contribution in [3.05, 3.63) is 53.2 Å². The molecule has 1 aromatic carbocycles. The van der Waals surface area contributed by atoms with Crippen LogP contribution in [0.4, 0.5) is 5.82 Å². The molecular weight excluding hydrogens is 226 g/mol. The fourth-order valence-electron chi connectivity index (χ4n) is 1.58. The van der Waals surface area contributed by atoms with Gasteiger partial charge in [-0.1, -0.05) is 24.3 Å². The Labute approximate surface area is 106 Å². The van der Waals surface area contributed by atoms with E-state index in [9.17, 15) is 4.79 Å². The first kappa shape index (κ1) is 12.1. The van der Waals surface area contributed by atoms with Gasteiger partial charge in [-0.15, -0.1) is 0 Å². The molecule has 2 N–H and O–H groups in total. The minimum Gasteiger partial charge on any atom is -0.307 e.